The summed E-state index contributed by atoms with van der Waals surface area (Å²) in [6.07, 6.45) is 1.96. The Bertz CT molecular complexity index is 441. The van der Waals surface area contributed by atoms with Gasteiger partial charge in [-0.05, 0) is 31.6 Å². The largest absolute Gasteiger partial charge is 0.462 e. The fraction of sp³-hybridized carbons (Fsp3) is 0.733. The molecule has 3 aliphatic rings. The number of carbonyl (C=O) groups excluding carboxylic acids is 2. The fourth-order valence-electron chi connectivity index (χ4n) is 4.36. The summed E-state index contributed by atoms with van der Waals surface area (Å²) in [5.74, 6) is 1.52. The minimum Gasteiger partial charge on any atom is -0.462 e. The van der Waals surface area contributed by atoms with Crippen molar-refractivity contribution in [2.45, 2.75) is 32.8 Å². The quantitative estimate of drug-likeness (QED) is 0.575. The van der Waals surface area contributed by atoms with Crippen LogP contribution in [0.3, 0.4) is 0 Å². The van der Waals surface area contributed by atoms with Gasteiger partial charge in [0.25, 0.3) is 0 Å². The van der Waals surface area contributed by atoms with Crippen molar-refractivity contribution in [3.05, 3.63) is 12.2 Å². The van der Waals surface area contributed by atoms with E-state index in [1.807, 2.05) is 0 Å². The Morgan fingerprint density at radius 1 is 1.47 bits per heavy atom. The number of fused-ring (bicyclic) bond motifs is 1. The van der Waals surface area contributed by atoms with Gasteiger partial charge in [0.05, 0.1) is 12.5 Å². The molecule has 1 heterocycles. The SMILES string of the molecule is C=C(C)C(=O)OCCC1C2CC3C1OC(=O)C3C2C. The van der Waals surface area contributed by atoms with Crippen molar-refractivity contribution in [2.24, 2.45) is 29.6 Å². The van der Waals surface area contributed by atoms with Crippen molar-refractivity contribution in [1.29, 1.82) is 0 Å². The maximum atomic E-state index is 11.8. The molecule has 0 N–H and O–H groups in total. The van der Waals surface area contributed by atoms with Crippen LogP contribution in [0.2, 0.25) is 0 Å². The third kappa shape index (κ3) is 1.80. The highest BCUT2D eigenvalue weighted by Gasteiger charge is 2.64. The van der Waals surface area contributed by atoms with Crippen LogP contribution in [0.5, 0.6) is 0 Å². The molecule has 0 amide bonds. The molecule has 6 atom stereocenters. The van der Waals surface area contributed by atoms with Gasteiger partial charge in [0.1, 0.15) is 6.10 Å². The zero-order valence-corrected chi connectivity index (χ0v) is 11.4. The Labute approximate surface area is 113 Å². The van der Waals surface area contributed by atoms with Crippen LogP contribution in [0, 0.1) is 29.6 Å². The molecule has 2 saturated carbocycles. The van der Waals surface area contributed by atoms with Crippen molar-refractivity contribution in [3.8, 4) is 0 Å². The predicted molar refractivity (Wildman–Crippen MR) is 68.0 cm³/mol. The Kier molecular flexibility index (Phi) is 2.91. The molecule has 19 heavy (non-hydrogen) atoms. The first-order chi connectivity index (χ1) is 9.00. The molecule has 0 aromatic rings. The van der Waals surface area contributed by atoms with Crippen LogP contribution in [-0.2, 0) is 19.1 Å². The molecule has 2 aliphatic carbocycles. The molecule has 2 bridgehead atoms. The fourth-order valence-corrected chi connectivity index (χ4v) is 4.36. The highest BCUT2D eigenvalue weighted by Crippen LogP contribution is 2.60. The van der Waals surface area contributed by atoms with Crippen molar-refractivity contribution >= 4 is 11.9 Å². The number of hydrogen-bond donors (Lipinski definition) is 0. The van der Waals surface area contributed by atoms with Crippen LogP contribution in [0.15, 0.2) is 12.2 Å². The third-order valence-corrected chi connectivity index (χ3v) is 5.20. The average Bonchev–Trinajstić information content (AvgIpc) is 2.92. The molecule has 6 unspecified atom stereocenters. The van der Waals surface area contributed by atoms with Gasteiger partial charge in [0.2, 0.25) is 0 Å². The standard InChI is InChI=1S/C15H20O4/c1-7(2)14(16)18-5-4-9-10-6-11-12(8(10)3)15(17)19-13(9)11/h8-13H,1,4-6H2,2-3H3. The minimum atomic E-state index is -0.336. The lowest BCUT2D eigenvalue weighted by atomic mass is 9.74. The monoisotopic (exact) mass is 264 g/mol. The Morgan fingerprint density at radius 2 is 2.21 bits per heavy atom. The van der Waals surface area contributed by atoms with Gasteiger partial charge in [-0.25, -0.2) is 4.79 Å². The van der Waals surface area contributed by atoms with Gasteiger partial charge in [-0.3, -0.25) is 4.79 Å². The molecule has 3 rings (SSSR count). The molecule has 104 valence electrons. The summed E-state index contributed by atoms with van der Waals surface area (Å²) in [5.41, 5.74) is 0.425. The lowest BCUT2D eigenvalue weighted by Gasteiger charge is -2.29. The molecule has 0 radical (unpaired) electrons. The van der Waals surface area contributed by atoms with Crippen molar-refractivity contribution in [3.63, 3.8) is 0 Å². The van der Waals surface area contributed by atoms with E-state index in [0.29, 0.717) is 35.9 Å². The van der Waals surface area contributed by atoms with E-state index >= 15 is 0 Å². The summed E-state index contributed by atoms with van der Waals surface area (Å²) in [7, 11) is 0. The smallest absolute Gasteiger partial charge is 0.333 e. The topological polar surface area (TPSA) is 52.6 Å². The number of hydrogen-bond acceptors (Lipinski definition) is 4. The molecule has 1 saturated heterocycles. The van der Waals surface area contributed by atoms with Gasteiger partial charge in [0.15, 0.2) is 0 Å². The third-order valence-electron chi connectivity index (χ3n) is 5.20. The summed E-state index contributed by atoms with van der Waals surface area (Å²) >= 11 is 0. The van der Waals surface area contributed by atoms with E-state index in [-0.39, 0.29) is 24.0 Å². The molecule has 3 fully saturated rings. The van der Waals surface area contributed by atoms with Crippen molar-refractivity contribution in [2.75, 3.05) is 6.61 Å². The van der Waals surface area contributed by atoms with Crippen molar-refractivity contribution < 1.29 is 19.1 Å². The van der Waals surface area contributed by atoms with E-state index in [1.54, 1.807) is 6.92 Å². The number of ether oxygens (including phenoxy) is 2. The second-order valence-electron chi connectivity index (χ2n) is 6.22. The molecule has 1 aliphatic heterocycles. The van der Waals surface area contributed by atoms with Gasteiger partial charge < -0.3 is 9.47 Å². The van der Waals surface area contributed by atoms with Crippen LogP contribution in [0.4, 0.5) is 0 Å². The second kappa shape index (κ2) is 4.36. The summed E-state index contributed by atoms with van der Waals surface area (Å²) in [6, 6.07) is 0. The van der Waals surface area contributed by atoms with Crippen LogP contribution in [0.25, 0.3) is 0 Å². The zero-order valence-electron chi connectivity index (χ0n) is 11.4. The van der Waals surface area contributed by atoms with Crippen LogP contribution in [0.1, 0.15) is 26.7 Å². The van der Waals surface area contributed by atoms with Gasteiger partial charge in [-0.2, -0.15) is 0 Å². The normalized spacial score (nSPS) is 42.3. The Balaban J connectivity index is 1.60. The lowest BCUT2D eigenvalue weighted by Crippen LogP contribution is -2.32. The van der Waals surface area contributed by atoms with Gasteiger partial charge in [-0.15, -0.1) is 0 Å². The van der Waals surface area contributed by atoms with Crippen LogP contribution in [-0.4, -0.2) is 24.6 Å². The summed E-state index contributed by atoms with van der Waals surface area (Å²) < 4.78 is 10.7. The second-order valence-corrected chi connectivity index (χ2v) is 6.22. The van der Waals surface area contributed by atoms with Gasteiger partial charge >= 0.3 is 11.9 Å². The maximum Gasteiger partial charge on any atom is 0.333 e. The van der Waals surface area contributed by atoms with Crippen LogP contribution < -0.4 is 0 Å². The first-order valence-electron chi connectivity index (χ1n) is 7.04. The number of rotatable bonds is 4. The van der Waals surface area contributed by atoms with E-state index < -0.39 is 0 Å². The molecular weight excluding hydrogens is 244 g/mol. The molecule has 0 aromatic carbocycles. The zero-order chi connectivity index (χ0) is 13.7. The van der Waals surface area contributed by atoms with E-state index in [4.69, 9.17) is 9.47 Å². The van der Waals surface area contributed by atoms with E-state index in [0.717, 1.165) is 12.8 Å². The van der Waals surface area contributed by atoms with E-state index in [9.17, 15) is 9.59 Å². The Morgan fingerprint density at radius 3 is 2.89 bits per heavy atom. The van der Waals surface area contributed by atoms with E-state index in [1.165, 1.54) is 0 Å². The average molecular weight is 264 g/mol. The molecule has 0 spiro atoms. The molecule has 4 heteroatoms. The maximum absolute atomic E-state index is 11.8. The van der Waals surface area contributed by atoms with Gasteiger partial charge in [-0.1, -0.05) is 13.5 Å². The summed E-state index contributed by atoms with van der Waals surface area (Å²) in [6.45, 7) is 7.76. The Hall–Kier alpha value is -1.32. The molecule has 4 nitrogen and oxygen atoms in total. The number of carbonyl (C=O) groups is 2. The lowest BCUT2D eigenvalue weighted by molar-refractivity contribution is -0.146. The highest BCUT2D eigenvalue weighted by molar-refractivity contribution is 5.86. The van der Waals surface area contributed by atoms with Crippen molar-refractivity contribution in [1.82, 2.24) is 0 Å². The number of esters is 2. The minimum absolute atomic E-state index is 0.00793. The summed E-state index contributed by atoms with van der Waals surface area (Å²) in [4.78, 5) is 23.1. The first-order valence-corrected chi connectivity index (χ1v) is 7.04. The highest BCUT2D eigenvalue weighted by atomic mass is 16.6. The molecular formula is C15H20O4. The predicted octanol–water partition coefficient (Wildman–Crippen LogP) is 1.94. The van der Waals surface area contributed by atoms with Gasteiger partial charge in [0, 0.05) is 17.4 Å². The molecule has 0 aromatic heterocycles. The van der Waals surface area contributed by atoms with Crippen LogP contribution >= 0.6 is 0 Å². The summed E-state index contributed by atoms with van der Waals surface area (Å²) in [5, 5.41) is 0. The first kappa shape index (κ1) is 12.7. The van der Waals surface area contributed by atoms with E-state index in [2.05, 4.69) is 13.5 Å².